The third kappa shape index (κ3) is 10.6. The van der Waals surface area contributed by atoms with Gasteiger partial charge < -0.3 is 9.13 Å². The van der Waals surface area contributed by atoms with Crippen molar-refractivity contribution in [2.45, 2.75) is 53.4 Å². The van der Waals surface area contributed by atoms with Crippen LogP contribution in [0.15, 0.2) is 109 Å². The Bertz CT molecular complexity index is 1520. The molecule has 0 aliphatic heterocycles. The molecule has 232 valence electrons. The Morgan fingerprint density at radius 2 is 0.867 bits per heavy atom. The summed E-state index contributed by atoms with van der Waals surface area (Å²) in [4.78, 5) is 0. The van der Waals surface area contributed by atoms with E-state index >= 15 is 0 Å². The summed E-state index contributed by atoms with van der Waals surface area (Å²) in [6.45, 7) is 11.9. The molecule has 0 saturated heterocycles. The van der Waals surface area contributed by atoms with Crippen molar-refractivity contribution >= 4 is 0 Å². The molecule has 0 aliphatic carbocycles. The molecule has 2 aromatic heterocycles. The molecule has 7 heteroatoms. The van der Waals surface area contributed by atoms with E-state index in [9.17, 15) is 17.6 Å². The van der Waals surface area contributed by atoms with Crippen LogP contribution >= 0.6 is 0 Å². The number of aromatic nitrogens is 2. The Morgan fingerprint density at radius 1 is 0.533 bits per heavy atom. The van der Waals surface area contributed by atoms with Gasteiger partial charge in [-0.2, -0.15) is 36.4 Å². The van der Waals surface area contributed by atoms with E-state index in [1.807, 2.05) is 126 Å². The van der Waals surface area contributed by atoms with E-state index < -0.39 is 23.3 Å². The fourth-order valence-corrected chi connectivity index (χ4v) is 4.54. The van der Waals surface area contributed by atoms with Gasteiger partial charge in [0.2, 0.25) is 0 Å². The average molecular weight is 647 g/mol. The maximum atomic E-state index is 13.7. The van der Waals surface area contributed by atoms with Crippen molar-refractivity contribution in [1.82, 2.24) is 9.13 Å². The predicted octanol–water partition coefficient (Wildman–Crippen LogP) is 10.8. The molecule has 6 rings (SSSR count). The molecule has 0 N–H and O–H groups in total. The molecule has 0 atom stereocenters. The first-order valence-corrected chi connectivity index (χ1v) is 14.5. The van der Waals surface area contributed by atoms with Crippen LogP contribution in [0, 0.1) is 49.2 Å². The zero-order valence-electron chi connectivity index (χ0n) is 26.5. The van der Waals surface area contributed by atoms with Gasteiger partial charge in [-0.3, -0.25) is 0 Å². The van der Waals surface area contributed by atoms with Crippen molar-refractivity contribution in [3.8, 4) is 11.4 Å². The van der Waals surface area contributed by atoms with E-state index in [1.165, 1.54) is 24.3 Å². The van der Waals surface area contributed by atoms with E-state index in [4.69, 9.17) is 0 Å². The summed E-state index contributed by atoms with van der Waals surface area (Å²) in [5, 5.41) is 0. The van der Waals surface area contributed by atoms with Crippen LogP contribution in [0.1, 0.15) is 62.3 Å². The van der Waals surface area contributed by atoms with Gasteiger partial charge in [0.1, 0.15) is 0 Å². The second-order valence-electron chi connectivity index (χ2n) is 10.7. The third-order valence-corrected chi connectivity index (χ3v) is 6.67. The molecule has 2 nitrogen and oxygen atoms in total. The number of halogens is 4. The maximum Gasteiger partial charge on any atom is 4.00 e. The predicted molar refractivity (Wildman–Crippen MR) is 171 cm³/mol. The Balaban J connectivity index is 0.000000235. The molecule has 0 amide bonds. The number of hydrogen-bond acceptors (Lipinski definition) is 0. The first kappa shape index (κ1) is 37.3. The van der Waals surface area contributed by atoms with E-state index in [-0.39, 0.29) is 33.6 Å². The molecule has 45 heavy (non-hydrogen) atoms. The molecule has 0 aliphatic rings. The second kappa shape index (κ2) is 18.2. The van der Waals surface area contributed by atoms with Gasteiger partial charge in [0.15, 0.2) is 0 Å². The maximum absolute atomic E-state index is 13.7. The van der Waals surface area contributed by atoms with Gasteiger partial charge in [0.25, 0.3) is 0 Å². The van der Waals surface area contributed by atoms with Gasteiger partial charge in [-0.1, -0.05) is 27.7 Å². The van der Waals surface area contributed by atoms with Gasteiger partial charge in [-0.15, -0.1) is 36.4 Å². The molecule has 0 bridgehead atoms. The first-order valence-electron chi connectivity index (χ1n) is 14.5. The molecule has 6 aromatic rings. The van der Waals surface area contributed by atoms with Crippen LogP contribution in [0.4, 0.5) is 17.6 Å². The van der Waals surface area contributed by atoms with Crippen molar-refractivity contribution in [3.63, 3.8) is 0 Å². The quantitative estimate of drug-likeness (QED) is 0.102. The molecular weight excluding hydrogens is 608 g/mol. The van der Waals surface area contributed by atoms with Crippen LogP contribution in [0.2, 0.25) is 0 Å². The second-order valence-corrected chi connectivity index (χ2v) is 10.7. The number of rotatable bonds is 4. The largest absolute Gasteiger partial charge is 4.00 e. The molecule has 0 spiro atoms. The summed E-state index contributed by atoms with van der Waals surface area (Å²) in [5.74, 6) is -2.14. The number of aryl methyl sites for hydroxylation is 2. The number of nitrogens with zero attached hydrogens (tertiary/aromatic N) is 2. The Kier molecular flexibility index (Phi) is 15.1. The molecular formula is C38H38F4N2Ti. The minimum Gasteiger partial charge on any atom is -0.369 e. The van der Waals surface area contributed by atoms with Crippen molar-refractivity contribution in [2.24, 2.45) is 0 Å². The molecule has 0 radical (unpaired) electrons. The van der Waals surface area contributed by atoms with Crippen LogP contribution in [-0.4, -0.2) is 9.13 Å². The standard InChI is InChI=1S/2C14H14F2N.2C5H5.Ti/c2*1-9(2)13-6-4-10(3)17(13)14-7-5-11(15)8-12(14)16;2*1-2-4-5-3-1;/h2*4-7,9H,1-3H3;2*1-5H;/q4*-1;+4. The summed E-state index contributed by atoms with van der Waals surface area (Å²) in [5.41, 5.74) is 4.54. The molecule has 0 unspecified atom stereocenters. The molecule has 4 aromatic carbocycles. The fraction of sp³-hybridized carbons (Fsp3) is 0.211. The van der Waals surface area contributed by atoms with Crippen molar-refractivity contribution in [3.05, 3.63) is 167 Å². The zero-order chi connectivity index (χ0) is 32.2. The van der Waals surface area contributed by atoms with Gasteiger partial charge in [-0.25, -0.2) is 41.8 Å². The number of benzene rings is 2. The van der Waals surface area contributed by atoms with Crippen LogP contribution in [-0.2, 0) is 21.7 Å². The summed E-state index contributed by atoms with van der Waals surface area (Å²) in [6, 6.07) is 37.2. The van der Waals surface area contributed by atoms with E-state index in [1.54, 1.807) is 9.13 Å². The minimum absolute atomic E-state index is 0. The first-order chi connectivity index (χ1) is 21.0. The Hall–Kier alpha value is -3.87. The normalized spacial score (nSPS) is 10.2. The summed E-state index contributed by atoms with van der Waals surface area (Å²) in [7, 11) is 0. The van der Waals surface area contributed by atoms with Gasteiger partial charge in [-0.05, 0) is 61.3 Å². The average Bonchev–Trinajstić information content (AvgIpc) is 3.79. The molecule has 2 heterocycles. The van der Waals surface area contributed by atoms with Gasteiger partial charge in [0.05, 0.1) is 0 Å². The van der Waals surface area contributed by atoms with Crippen LogP contribution in [0.25, 0.3) is 11.4 Å². The molecule has 0 saturated carbocycles. The van der Waals surface area contributed by atoms with Crippen LogP contribution in [0.5, 0.6) is 0 Å². The van der Waals surface area contributed by atoms with E-state index in [0.717, 1.165) is 22.8 Å². The monoisotopic (exact) mass is 646 g/mol. The zero-order valence-corrected chi connectivity index (χ0v) is 28.0. The SMILES string of the molecule is Cc1ccc(C(C)C)n1-c1ccc(F)[c-]c1F.Cc1ccc(C(C)C)n1-c1ccc(F)[c-]c1F.[Ti+4].c1cc[cH-]c1.c1cc[cH-]c1. The summed E-state index contributed by atoms with van der Waals surface area (Å²) in [6.07, 6.45) is 0. The van der Waals surface area contributed by atoms with E-state index in [2.05, 4.69) is 12.1 Å². The minimum atomic E-state index is -0.679. The van der Waals surface area contributed by atoms with Crippen LogP contribution < -0.4 is 0 Å². The number of hydrogen-bond donors (Lipinski definition) is 0. The Morgan fingerprint density at radius 3 is 1.11 bits per heavy atom. The van der Waals surface area contributed by atoms with Crippen molar-refractivity contribution in [1.29, 1.82) is 0 Å². The topological polar surface area (TPSA) is 9.86 Å². The van der Waals surface area contributed by atoms with Crippen LogP contribution in [0.3, 0.4) is 0 Å². The summed E-state index contributed by atoms with van der Waals surface area (Å²) >= 11 is 0. The van der Waals surface area contributed by atoms with Gasteiger partial charge >= 0.3 is 21.7 Å². The van der Waals surface area contributed by atoms with E-state index in [0.29, 0.717) is 11.4 Å². The van der Waals surface area contributed by atoms with Crippen molar-refractivity contribution in [2.75, 3.05) is 0 Å². The summed E-state index contributed by atoms with van der Waals surface area (Å²) < 4.78 is 56.7. The molecule has 0 fully saturated rings. The fourth-order valence-electron chi connectivity index (χ4n) is 4.54. The third-order valence-electron chi connectivity index (χ3n) is 6.67. The Labute approximate surface area is 279 Å². The van der Waals surface area contributed by atoms with Gasteiger partial charge in [0, 0.05) is 46.0 Å². The van der Waals surface area contributed by atoms with Crippen molar-refractivity contribution < 1.29 is 39.3 Å². The smallest absolute Gasteiger partial charge is 0.369 e.